The molecule has 0 saturated carbocycles. The molecule has 0 bridgehead atoms. The van der Waals surface area contributed by atoms with E-state index in [-0.39, 0.29) is 17.9 Å². The van der Waals surface area contributed by atoms with Crippen LogP contribution in [-0.2, 0) is 24.3 Å². The minimum Gasteiger partial charge on any atom is -0.494 e. The second-order valence-electron chi connectivity index (χ2n) is 6.19. The van der Waals surface area contributed by atoms with Gasteiger partial charge in [-0.05, 0) is 50.2 Å². The number of ether oxygens (including phenoxy) is 3. The highest BCUT2D eigenvalue weighted by Crippen LogP contribution is 2.23. The molecule has 2 N–H and O–H groups in total. The van der Waals surface area contributed by atoms with Gasteiger partial charge in [-0.15, -0.1) is 0 Å². The minimum absolute atomic E-state index is 0.0525. The van der Waals surface area contributed by atoms with E-state index in [1.165, 1.54) is 12.1 Å². The number of amides is 1. The number of nitrogens with one attached hydrogen (secondary N) is 2. The number of sulfonamides is 1. The van der Waals surface area contributed by atoms with Crippen molar-refractivity contribution < 1.29 is 32.2 Å². The molecule has 2 rings (SSSR count). The van der Waals surface area contributed by atoms with Crippen molar-refractivity contribution >= 4 is 27.6 Å². The summed E-state index contributed by atoms with van der Waals surface area (Å²) in [6.07, 6.45) is -0.223. The van der Waals surface area contributed by atoms with Gasteiger partial charge < -0.3 is 19.5 Å². The Morgan fingerprint density at radius 2 is 1.61 bits per heavy atom. The lowest BCUT2D eigenvalue weighted by Gasteiger charge is -2.11. The minimum atomic E-state index is -3.78. The van der Waals surface area contributed by atoms with Crippen LogP contribution in [0.4, 0.5) is 5.69 Å². The van der Waals surface area contributed by atoms with E-state index in [0.29, 0.717) is 30.4 Å². The molecule has 0 saturated heterocycles. The summed E-state index contributed by atoms with van der Waals surface area (Å²) in [5.41, 5.74) is 0.466. The van der Waals surface area contributed by atoms with Gasteiger partial charge in [0.15, 0.2) is 6.61 Å². The molecule has 0 heterocycles. The standard InChI is InChI=1S/C21H26N2O7S/c1-3-28-16-9-11-17(12-10-16)31(26,27)22-14-13-21(25)30-15-20(24)23-18-7-5-6-8-19(18)29-4-2/h5-12,22H,3-4,13-15H2,1-2H3,(H,23,24). The summed E-state index contributed by atoms with van der Waals surface area (Å²) in [6.45, 7) is 3.91. The normalized spacial score (nSPS) is 10.9. The molecule has 0 radical (unpaired) electrons. The maximum atomic E-state index is 12.3. The molecule has 0 aromatic heterocycles. The molecule has 0 aliphatic rings. The number of anilines is 1. The van der Waals surface area contributed by atoms with E-state index in [4.69, 9.17) is 14.2 Å². The number of hydrogen-bond donors (Lipinski definition) is 2. The zero-order valence-electron chi connectivity index (χ0n) is 17.4. The van der Waals surface area contributed by atoms with Crippen LogP contribution >= 0.6 is 0 Å². The van der Waals surface area contributed by atoms with Gasteiger partial charge in [-0.2, -0.15) is 0 Å². The van der Waals surface area contributed by atoms with Crippen molar-refractivity contribution in [3.05, 3.63) is 48.5 Å². The SMILES string of the molecule is CCOc1ccc(S(=O)(=O)NCCC(=O)OCC(=O)Nc2ccccc2OCC)cc1. The molecule has 0 aliphatic heterocycles. The van der Waals surface area contributed by atoms with Crippen LogP contribution in [0.25, 0.3) is 0 Å². The van der Waals surface area contributed by atoms with E-state index in [1.54, 1.807) is 36.4 Å². The van der Waals surface area contributed by atoms with E-state index in [1.807, 2.05) is 13.8 Å². The third-order valence-electron chi connectivity index (χ3n) is 3.89. The fraction of sp³-hybridized carbons (Fsp3) is 0.333. The summed E-state index contributed by atoms with van der Waals surface area (Å²) in [7, 11) is -3.78. The zero-order valence-corrected chi connectivity index (χ0v) is 18.2. The number of esters is 1. The Balaban J connectivity index is 1.76. The molecule has 2 aromatic carbocycles. The molecule has 168 valence electrons. The van der Waals surface area contributed by atoms with Crippen LogP contribution in [0, 0.1) is 0 Å². The topological polar surface area (TPSA) is 120 Å². The molecule has 0 unspecified atom stereocenters. The maximum Gasteiger partial charge on any atom is 0.307 e. The largest absolute Gasteiger partial charge is 0.494 e. The number of hydrogen-bond acceptors (Lipinski definition) is 7. The van der Waals surface area contributed by atoms with Crippen molar-refractivity contribution in [1.82, 2.24) is 4.72 Å². The van der Waals surface area contributed by atoms with Crippen molar-refractivity contribution in [3.63, 3.8) is 0 Å². The molecule has 2 aromatic rings. The van der Waals surface area contributed by atoms with Crippen molar-refractivity contribution in [2.45, 2.75) is 25.2 Å². The molecule has 10 heteroatoms. The quantitative estimate of drug-likeness (QED) is 0.476. The number of para-hydroxylation sites is 2. The lowest BCUT2D eigenvalue weighted by atomic mass is 10.3. The highest BCUT2D eigenvalue weighted by Gasteiger charge is 2.15. The highest BCUT2D eigenvalue weighted by atomic mass is 32.2. The van der Waals surface area contributed by atoms with Gasteiger partial charge in [0.1, 0.15) is 11.5 Å². The second kappa shape index (κ2) is 11.9. The van der Waals surface area contributed by atoms with Crippen LogP contribution < -0.4 is 19.5 Å². The molecule has 0 spiro atoms. The first-order valence-corrected chi connectivity index (χ1v) is 11.2. The second-order valence-corrected chi connectivity index (χ2v) is 7.96. The molecule has 0 fully saturated rings. The number of carbonyl (C=O) groups excluding carboxylic acids is 2. The summed E-state index contributed by atoms with van der Waals surface area (Å²) in [5, 5.41) is 2.60. The zero-order chi connectivity index (χ0) is 22.7. The number of benzene rings is 2. The maximum absolute atomic E-state index is 12.3. The number of carbonyl (C=O) groups is 2. The summed E-state index contributed by atoms with van der Waals surface area (Å²) in [5.74, 6) is -0.168. The van der Waals surface area contributed by atoms with E-state index in [2.05, 4.69) is 10.0 Å². The van der Waals surface area contributed by atoms with Crippen molar-refractivity contribution in [1.29, 1.82) is 0 Å². The highest BCUT2D eigenvalue weighted by molar-refractivity contribution is 7.89. The van der Waals surface area contributed by atoms with Gasteiger partial charge in [0, 0.05) is 6.54 Å². The van der Waals surface area contributed by atoms with Gasteiger partial charge in [-0.25, -0.2) is 13.1 Å². The van der Waals surface area contributed by atoms with Crippen LogP contribution in [-0.4, -0.2) is 46.7 Å². The first-order chi connectivity index (χ1) is 14.9. The average molecular weight is 451 g/mol. The molecule has 9 nitrogen and oxygen atoms in total. The molecular formula is C21H26N2O7S. The monoisotopic (exact) mass is 450 g/mol. The molecule has 31 heavy (non-hydrogen) atoms. The predicted molar refractivity (Wildman–Crippen MR) is 115 cm³/mol. The molecular weight excluding hydrogens is 424 g/mol. The van der Waals surface area contributed by atoms with Crippen LogP contribution in [0.5, 0.6) is 11.5 Å². The van der Waals surface area contributed by atoms with E-state index >= 15 is 0 Å². The third-order valence-corrected chi connectivity index (χ3v) is 5.37. The van der Waals surface area contributed by atoms with Crippen molar-refractivity contribution in [3.8, 4) is 11.5 Å². The van der Waals surface area contributed by atoms with Crippen LogP contribution in [0.3, 0.4) is 0 Å². The van der Waals surface area contributed by atoms with Crippen LogP contribution in [0.15, 0.2) is 53.4 Å². The van der Waals surface area contributed by atoms with Gasteiger partial charge in [0.05, 0.1) is 30.2 Å². The Labute approximate surface area is 181 Å². The Morgan fingerprint density at radius 3 is 2.29 bits per heavy atom. The fourth-order valence-corrected chi connectivity index (χ4v) is 3.54. The van der Waals surface area contributed by atoms with Gasteiger partial charge >= 0.3 is 5.97 Å². The summed E-state index contributed by atoms with van der Waals surface area (Å²) in [4.78, 5) is 23.9. The van der Waals surface area contributed by atoms with Gasteiger partial charge in [-0.1, -0.05) is 12.1 Å². The van der Waals surface area contributed by atoms with Gasteiger partial charge in [0.25, 0.3) is 5.91 Å². The van der Waals surface area contributed by atoms with Crippen LogP contribution in [0.2, 0.25) is 0 Å². The Morgan fingerprint density at radius 1 is 0.935 bits per heavy atom. The smallest absolute Gasteiger partial charge is 0.307 e. The van der Waals surface area contributed by atoms with Crippen LogP contribution in [0.1, 0.15) is 20.3 Å². The van der Waals surface area contributed by atoms with E-state index in [9.17, 15) is 18.0 Å². The molecule has 1 amide bonds. The summed E-state index contributed by atoms with van der Waals surface area (Å²) in [6, 6.07) is 12.8. The lowest BCUT2D eigenvalue weighted by molar-refractivity contribution is -0.147. The van der Waals surface area contributed by atoms with E-state index < -0.39 is 28.5 Å². The summed E-state index contributed by atoms with van der Waals surface area (Å²) >= 11 is 0. The van der Waals surface area contributed by atoms with Gasteiger partial charge in [-0.3, -0.25) is 9.59 Å². The first kappa shape index (κ1) is 24.2. The van der Waals surface area contributed by atoms with Gasteiger partial charge in [0.2, 0.25) is 10.0 Å². The van der Waals surface area contributed by atoms with Crippen molar-refractivity contribution in [2.24, 2.45) is 0 Å². The predicted octanol–water partition coefficient (Wildman–Crippen LogP) is 2.33. The lowest BCUT2D eigenvalue weighted by Crippen LogP contribution is -2.28. The Kier molecular flexibility index (Phi) is 9.29. The van der Waals surface area contributed by atoms with E-state index in [0.717, 1.165) is 0 Å². The third kappa shape index (κ3) is 7.91. The number of rotatable bonds is 12. The Bertz CT molecular complexity index is 975. The summed E-state index contributed by atoms with van der Waals surface area (Å²) < 4.78 is 42.4. The molecule has 0 aliphatic carbocycles. The average Bonchev–Trinajstić information content (AvgIpc) is 2.74. The fourth-order valence-electron chi connectivity index (χ4n) is 2.51. The molecule has 0 atom stereocenters. The first-order valence-electron chi connectivity index (χ1n) is 9.75. The van der Waals surface area contributed by atoms with Crippen molar-refractivity contribution in [2.75, 3.05) is 31.7 Å². The Hall–Kier alpha value is -3.11.